The van der Waals surface area contributed by atoms with Crippen LogP contribution in [-0.2, 0) is 12.1 Å². The van der Waals surface area contributed by atoms with Crippen LogP contribution in [0.3, 0.4) is 0 Å². The Morgan fingerprint density at radius 3 is 2.19 bits per heavy atom. The van der Waals surface area contributed by atoms with Gasteiger partial charge < -0.3 is 9.64 Å². The summed E-state index contributed by atoms with van der Waals surface area (Å²) in [5.41, 5.74) is 9.17. The Morgan fingerprint density at radius 2 is 1.40 bits per heavy atom. The van der Waals surface area contributed by atoms with Crippen molar-refractivity contribution < 1.29 is 4.74 Å². The second kappa shape index (κ2) is 11.9. The lowest BCUT2D eigenvalue weighted by atomic mass is 9.87. The monoisotopic (exact) mass is 626 g/mol. The molecule has 0 unspecified atom stereocenters. The molecule has 1 aliphatic rings. The Morgan fingerprint density at radius 1 is 0.667 bits per heavy atom. The minimum atomic E-state index is 0.0106. The fourth-order valence-electron chi connectivity index (χ4n) is 6.08. The number of nitrogens with zero attached hydrogens (tertiary/aromatic N) is 6. The van der Waals surface area contributed by atoms with E-state index in [1.807, 2.05) is 65.6 Å². The zero-order valence-electron chi connectivity index (χ0n) is 27.1. The van der Waals surface area contributed by atoms with Gasteiger partial charge in [0.1, 0.15) is 18.2 Å². The van der Waals surface area contributed by atoms with Crippen molar-refractivity contribution in [1.29, 1.82) is 0 Å². The number of ether oxygens (including phenoxy) is 1. The first-order chi connectivity index (χ1) is 23.4. The number of benzene rings is 4. The molecule has 48 heavy (non-hydrogen) atoms. The summed E-state index contributed by atoms with van der Waals surface area (Å²) in [6.45, 7) is 7.10. The first-order valence-electron chi connectivity index (χ1n) is 16.1. The summed E-state index contributed by atoms with van der Waals surface area (Å²) in [7, 11) is 0. The van der Waals surface area contributed by atoms with Gasteiger partial charge in [-0.2, -0.15) is 0 Å². The third kappa shape index (κ3) is 5.71. The smallest absolute Gasteiger partial charge is 0.181 e. The van der Waals surface area contributed by atoms with Crippen molar-refractivity contribution in [3.05, 3.63) is 145 Å². The number of hydrogen-bond acceptors (Lipinski definition) is 6. The van der Waals surface area contributed by atoms with Crippen molar-refractivity contribution in [2.24, 2.45) is 0 Å². The number of pyridine rings is 2. The molecule has 4 aromatic carbocycles. The van der Waals surface area contributed by atoms with Crippen LogP contribution >= 0.6 is 0 Å². The lowest BCUT2D eigenvalue weighted by Crippen LogP contribution is -2.27. The zero-order valence-corrected chi connectivity index (χ0v) is 27.1. The molecule has 234 valence electrons. The minimum absolute atomic E-state index is 0.0106. The molecule has 0 saturated carbocycles. The topological polar surface area (TPSA) is 69.0 Å². The van der Waals surface area contributed by atoms with Crippen LogP contribution in [0.2, 0.25) is 0 Å². The molecule has 0 bridgehead atoms. The largest absolute Gasteiger partial charge is 0.456 e. The van der Waals surface area contributed by atoms with Crippen LogP contribution in [0.1, 0.15) is 26.3 Å². The van der Waals surface area contributed by atoms with Crippen LogP contribution in [0, 0.1) is 0 Å². The lowest BCUT2D eigenvalue weighted by Gasteiger charge is -2.31. The van der Waals surface area contributed by atoms with E-state index in [0.717, 1.165) is 50.7 Å². The van der Waals surface area contributed by atoms with Gasteiger partial charge in [-0.1, -0.05) is 93.6 Å². The zero-order chi connectivity index (χ0) is 32.7. The molecule has 0 atom stereocenters. The van der Waals surface area contributed by atoms with Gasteiger partial charge in [-0.05, 0) is 64.6 Å². The molecule has 0 saturated heterocycles. The average molecular weight is 627 g/mol. The molecule has 0 fully saturated rings. The summed E-state index contributed by atoms with van der Waals surface area (Å²) in [5, 5.41) is 4.94. The predicted molar refractivity (Wildman–Crippen MR) is 191 cm³/mol. The van der Waals surface area contributed by atoms with Crippen LogP contribution in [0.5, 0.6) is 11.5 Å². The minimum Gasteiger partial charge on any atom is -0.456 e. The summed E-state index contributed by atoms with van der Waals surface area (Å²) in [4.78, 5) is 16.4. The lowest BCUT2D eigenvalue weighted by molar-refractivity contribution is 0.480. The van der Waals surface area contributed by atoms with E-state index in [2.05, 4.69) is 108 Å². The van der Waals surface area contributed by atoms with Crippen molar-refractivity contribution in [2.45, 2.75) is 32.9 Å². The molecule has 1 aliphatic heterocycles. The van der Waals surface area contributed by atoms with Crippen molar-refractivity contribution in [3.8, 4) is 56.7 Å². The van der Waals surface area contributed by atoms with Crippen molar-refractivity contribution >= 4 is 11.4 Å². The Balaban J connectivity index is 1.19. The number of para-hydroxylation sites is 1. The molecular formula is C41H34N6O. The Bertz CT molecular complexity index is 2240. The number of anilines is 2. The third-order valence-corrected chi connectivity index (χ3v) is 8.60. The average Bonchev–Trinajstić information content (AvgIpc) is 3.57. The maximum absolute atomic E-state index is 6.60. The number of rotatable bonds is 6. The Kier molecular flexibility index (Phi) is 7.29. The molecule has 4 heterocycles. The third-order valence-electron chi connectivity index (χ3n) is 8.60. The van der Waals surface area contributed by atoms with E-state index in [9.17, 15) is 0 Å². The van der Waals surface area contributed by atoms with E-state index >= 15 is 0 Å². The van der Waals surface area contributed by atoms with E-state index in [1.165, 1.54) is 5.56 Å². The molecule has 0 spiro atoms. The normalized spacial score (nSPS) is 12.4. The highest BCUT2D eigenvalue weighted by Gasteiger charge is 2.27. The van der Waals surface area contributed by atoms with Crippen molar-refractivity contribution in [3.63, 3.8) is 0 Å². The second-order valence-electron chi connectivity index (χ2n) is 13.0. The quantitative estimate of drug-likeness (QED) is 0.183. The first-order valence-corrected chi connectivity index (χ1v) is 16.1. The highest BCUT2D eigenvalue weighted by Crippen LogP contribution is 2.42. The molecule has 0 radical (unpaired) electrons. The molecule has 0 aliphatic carbocycles. The van der Waals surface area contributed by atoms with Gasteiger partial charge in [0.15, 0.2) is 11.6 Å². The molecule has 7 heteroatoms. The number of hydrogen-bond donors (Lipinski definition) is 0. The molecule has 8 rings (SSSR count). The maximum atomic E-state index is 6.60. The van der Waals surface area contributed by atoms with E-state index in [-0.39, 0.29) is 5.41 Å². The maximum Gasteiger partial charge on any atom is 0.181 e. The number of fused-ring (bicyclic) bond motifs is 3. The van der Waals surface area contributed by atoms with E-state index < -0.39 is 0 Å². The van der Waals surface area contributed by atoms with E-state index in [4.69, 9.17) is 14.8 Å². The van der Waals surface area contributed by atoms with Crippen LogP contribution in [-0.4, -0.2) is 24.7 Å². The highest BCUT2D eigenvalue weighted by atomic mass is 16.5. The summed E-state index contributed by atoms with van der Waals surface area (Å²) in [6.07, 6.45) is 5.44. The van der Waals surface area contributed by atoms with Gasteiger partial charge in [-0.15, -0.1) is 5.10 Å². The summed E-state index contributed by atoms with van der Waals surface area (Å²) in [6, 6.07) is 41.4. The van der Waals surface area contributed by atoms with E-state index in [0.29, 0.717) is 24.0 Å². The molecule has 7 aromatic rings. The number of aromatic nitrogens is 5. The van der Waals surface area contributed by atoms with Crippen molar-refractivity contribution in [1.82, 2.24) is 24.7 Å². The van der Waals surface area contributed by atoms with Gasteiger partial charge in [-0.25, -0.2) is 9.67 Å². The standard InChI is InChI=1S/C41H34N6O/c1-41(2,3)32-18-19-43-37(23-32)31-22-35(26-42-25-31)48-34-21-30(28-12-6-4-7-13-28)20-33(24-34)46-27-47-40(36-16-10-11-17-38(36)46)44-39(45-47)29-14-8-5-9-15-29/h4-26H,27H2,1-3H3. The Labute approximate surface area is 280 Å². The van der Waals surface area contributed by atoms with Crippen LogP contribution in [0.25, 0.3) is 45.2 Å². The van der Waals surface area contributed by atoms with Crippen LogP contribution < -0.4 is 9.64 Å². The van der Waals surface area contributed by atoms with Gasteiger partial charge in [-0.3, -0.25) is 9.97 Å². The summed E-state index contributed by atoms with van der Waals surface area (Å²) < 4.78 is 8.58. The summed E-state index contributed by atoms with van der Waals surface area (Å²) >= 11 is 0. The van der Waals surface area contributed by atoms with Crippen LogP contribution in [0.4, 0.5) is 11.4 Å². The Hall–Kier alpha value is -6.08. The summed E-state index contributed by atoms with van der Waals surface area (Å²) in [5.74, 6) is 2.90. The molecule has 0 N–H and O–H groups in total. The van der Waals surface area contributed by atoms with Crippen molar-refractivity contribution in [2.75, 3.05) is 4.90 Å². The van der Waals surface area contributed by atoms with Gasteiger partial charge in [0.2, 0.25) is 0 Å². The second-order valence-corrected chi connectivity index (χ2v) is 13.0. The van der Waals surface area contributed by atoms with Gasteiger partial charge >= 0.3 is 0 Å². The van der Waals surface area contributed by atoms with Gasteiger partial charge in [0.05, 0.1) is 17.6 Å². The molecule has 3 aromatic heterocycles. The molecule has 7 nitrogen and oxygen atoms in total. The van der Waals surface area contributed by atoms with E-state index in [1.54, 1.807) is 6.20 Å². The van der Waals surface area contributed by atoms with Crippen LogP contribution in [0.15, 0.2) is 140 Å². The first kappa shape index (κ1) is 29.3. The predicted octanol–water partition coefficient (Wildman–Crippen LogP) is 9.94. The molecular weight excluding hydrogens is 592 g/mol. The van der Waals surface area contributed by atoms with Gasteiger partial charge in [0.25, 0.3) is 0 Å². The molecule has 0 amide bonds. The fourth-order valence-corrected chi connectivity index (χ4v) is 6.08. The van der Waals surface area contributed by atoms with Gasteiger partial charge in [0, 0.05) is 40.8 Å². The SMILES string of the molecule is CC(C)(C)c1ccnc(-c2cncc(Oc3cc(-c4ccccc4)cc(N4Cn5nc(-c6ccccc6)nc5-c5ccccc54)c3)c2)c1. The highest BCUT2D eigenvalue weighted by molar-refractivity contribution is 5.84. The fraction of sp³-hybridized carbons (Fsp3) is 0.122.